The van der Waals surface area contributed by atoms with Crippen LogP contribution >= 0.6 is 11.6 Å². The SMILES string of the molecule is CCc1ccc([C@@H](C(=O)Nc2ccccc2Cl)[C@@H](C)C(F)(F)F)cc1. The highest BCUT2D eigenvalue weighted by Crippen LogP contribution is 2.38. The molecular formula is C19H19ClF3NO. The zero-order chi connectivity index (χ0) is 18.6. The third-order valence-corrected chi connectivity index (χ3v) is 4.51. The summed E-state index contributed by atoms with van der Waals surface area (Å²) in [7, 11) is 0. The molecule has 0 heterocycles. The standard InChI is InChI=1S/C19H19ClF3NO/c1-3-13-8-10-14(11-9-13)17(12(2)19(21,22)23)18(25)24-16-7-5-4-6-15(16)20/h4-12,17H,3H2,1-2H3,(H,24,25)/t12-,17+/m1/s1. The zero-order valence-electron chi connectivity index (χ0n) is 13.9. The highest BCUT2D eigenvalue weighted by molar-refractivity contribution is 6.33. The van der Waals surface area contributed by atoms with Crippen molar-refractivity contribution in [3.8, 4) is 0 Å². The number of amides is 1. The summed E-state index contributed by atoms with van der Waals surface area (Å²) in [6.07, 6.45) is -3.72. The van der Waals surface area contributed by atoms with Gasteiger partial charge >= 0.3 is 6.18 Å². The number of halogens is 4. The van der Waals surface area contributed by atoms with Gasteiger partial charge in [0.05, 0.1) is 22.5 Å². The number of hydrogen-bond acceptors (Lipinski definition) is 1. The van der Waals surface area contributed by atoms with Gasteiger partial charge in [0.1, 0.15) is 0 Å². The summed E-state index contributed by atoms with van der Waals surface area (Å²) in [4.78, 5) is 12.6. The van der Waals surface area contributed by atoms with Crippen LogP contribution < -0.4 is 5.32 Å². The molecule has 2 rings (SSSR count). The molecule has 6 heteroatoms. The Morgan fingerprint density at radius 2 is 1.72 bits per heavy atom. The molecule has 0 fully saturated rings. The van der Waals surface area contributed by atoms with Crippen molar-refractivity contribution in [2.75, 3.05) is 5.32 Å². The molecule has 0 radical (unpaired) electrons. The minimum atomic E-state index is -4.49. The normalized spacial score (nSPS) is 14.0. The second-order valence-corrected chi connectivity index (χ2v) is 6.28. The molecule has 134 valence electrons. The van der Waals surface area contributed by atoms with E-state index in [2.05, 4.69) is 5.32 Å². The zero-order valence-corrected chi connectivity index (χ0v) is 14.7. The summed E-state index contributed by atoms with van der Waals surface area (Å²) in [6.45, 7) is 2.97. The highest BCUT2D eigenvalue weighted by atomic mass is 35.5. The summed E-state index contributed by atoms with van der Waals surface area (Å²) in [5, 5.41) is 2.79. The maximum Gasteiger partial charge on any atom is 0.392 e. The van der Waals surface area contributed by atoms with E-state index in [9.17, 15) is 18.0 Å². The van der Waals surface area contributed by atoms with Crippen molar-refractivity contribution in [1.29, 1.82) is 0 Å². The number of carbonyl (C=O) groups excluding carboxylic acids is 1. The van der Waals surface area contributed by atoms with E-state index in [4.69, 9.17) is 11.6 Å². The molecular weight excluding hydrogens is 351 g/mol. The lowest BCUT2D eigenvalue weighted by molar-refractivity contribution is -0.178. The van der Waals surface area contributed by atoms with Crippen molar-refractivity contribution in [2.45, 2.75) is 32.4 Å². The predicted octanol–water partition coefficient (Wildman–Crippen LogP) is 5.82. The highest BCUT2D eigenvalue weighted by Gasteiger charge is 2.44. The van der Waals surface area contributed by atoms with Crippen molar-refractivity contribution in [3.05, 3.63) is 64.7 Å². The lowest BCUT2D eigenvalue weighted by atomic mass is 9.85. The largest absolute Gasteiger partial charge is 0.392 e. The number of para-hydroxylation sites is 1. The fourth-order valence-corrected chi connectivity index (χ4v) is 2.77. The first-order valence-electron chi connectivity index (χ1n) is 7.95. The van der Waals surface area contributed by atoms with E-state index >= 15 is 0 Å². The molecule has 0 saturated heterocycles. The first-order valence-corrected chi connectivity index (χ1v) is 8.32. The van der Waals surface area contributed by atoms with Gasteiger partial charge in [-0.25, -0.2) is 0 Å². The molecule has 0 unspecified atom stereocenters. The lowest BCUT2D eigenvalue weighted by Gasteiger charge is -2.26. The van der Waals surface area contributed by atoms with Crippen LogP contribution in [-0.2, 0) is 11.2 Å². The van der Waals surface area contributed by atoms with Crippen LogP contribution in [0.15, 0.2) is 48.5 Å². The molecule has 0 aliphatic rings. The maximum atomic E-state index is 13.3. The first-order chi connectivity index (χ1) is 11.7. The number of carbonyl (C=O) groups is 1. The molecule has 0 aromatic heterocycles. The Morgan fingerprint density at radius 3 is 2.24 bits per heavy atom. The molecule has 2 aromatic carbocycles. The smallest absolute Gasteiger partial charge is 0.324 e. The number of aryl methyl sites for hydroxylation is 1. The molecule has 0 bridgehead atoms. The first kappa shape index (κ1) is 19.3. The van der Waals surface area contributed by atoms with E-state index in [1.807, 2.05) is 6.92 Å². The van der Waals surface area contributed by atoms with Gasteiger partial charge < -0.3 is 5.32 Å². The van der Waals surface area contributed by atoms with Crippen LogP contribution in [0, 0.1) is 5.92 Å². The molecule has 1 N–H and O–H groups in total. The van der Waals surface area contributed by atoms with Gasteiger partial charge in [0, 0.05) is 0 Å². The van der Waals surface area contributed by atoms with Crippen molar-refractivity contribution in [1.82, 2.24) is 0 Å². The van der Waals surface area contributed by atoms with E-state index in [0.717, 1.165) is 18.9 Å². The Hall–Kier alpha value is -2.01. The van der Waals surface area contributed by atoms with Crippen LogP contribution in [0.5, 0.6) is 0 Å². The summed E-state index contributed by atoms with van der Waals surface area (Å²) in [6, 6.07) is 13.1. The number of benzene rings is 2. The predicted molar refractivity (Wildman–Crippen MR) is 93.9 cm³/mol. The van der Waals surface area contributed by atoms with Crippen molar-refractivity contribution in [2.24, 2.45) is 5.92 Å². The Labute approximate surface area is 150 Å². The molecule has 0 saturated carbocycles. The molecule has 25 heavy (non-hydrogen) atoms. The molecule has 0 aliphatic heterocycles. The molecule has 0 spiro atoms. The van der Waals surface area contributed by atoms with Gasteiger partial charge in [0.2, 0.25) is 5.91 Å². The third-order valence-electron chi connectivity index (χ3n) is 4.18. The average Bonchev–Trinajstić information content (AvgIpc) is 2.57. The monoisotopic (exact) mass is 369 g/mol. The number of rotatable bonds is 5. The summed E-state index contributed by atoms with van der Waals surface area (Å²) < 4.78 is 39.9. The molecule has 2 aromatic rings. The minimum absolute atomic E-state index is 0.274. The second kappa shape index (κ2) is 7.91. The topological polar surface area (TPSA) is 29.1 Å². The average molecular weight is 370 g/mol. The van der Waals surface area contributed by atoms with Gasteiger partial charge in [-0.1, -0.05) is 61.8 Å². The third kappa shape index (κ3) is 4.75. The van der Waals surface area contributed by atoms with Gasteiger partial charge in [0.15, 0.2) is 0 Å². The Bertz CT molecular complexity index is 728. The summed E-state index contributed by atoms with van der Waals surface area (Å²) >= 11 is 5.99. The van der Waals surface area contributed by atoms with Gasteiger partial charge in [-0.2, -0.15) is 13.2 Å². The lowest BCUT2D eigenvalue weighted by Crippen LogP contribution is -2.34. The molecule has 2 nitrogen and oxygen atoms in total. The quantitative estimate of drug-likeness (QED) is 0.706. The van der Waals surface area contributed by atoms with Crippen molar-refractivity contribution >= 4 is 23.2 Å². The molecule has 2 atom stereocenters. The number of nitrogens with one attached hydrogen (secondary N) is 1. The molecule has 0 aliphatic carbocycles. The number of anilines is 1. The van der Waals surface area contributed by atoms with Gasteiger partial charge in [-0.15, -0.1) is 0 Å². The maximum absolute atomic E-state index is 13.3. The van der Waals surface area contributed by atoms with E-state index < -0.39 is 23.9 Å². The number of hydrogen-bond donors (Lipinski definition) is 1. The molecule has 1 amide bonds. The summed E-state index contributed by atoms with van der Waals surface area (Å²) in [5.74, 6) is -3.92. The van der Waals surface area contributed by atoms with Gasteiger partial charge in [0.25, 0.3) is 0 Å². The second-order valence-electron chi connectivity index (χ2n) is 5.87. The Kier molecular flexibility index (Phi) is 6.11. The van der Waals surface area contributed by atoms with E-state index in [0.29, 0.717) is 11.3 Å². The van der Waals surface area contributed by atoms with Gasteiger partial charge in [-0.3, -0.25) is 4.79 Å². The van der Waals surface area contributed by atoms with Crippen molar-refractivity contribution < 1.29 is 18.0 Å². The fraction of sp³-hybridized carbons (Fsp3) is 0.316. The number of alkyl halides is 3. The van der Waals surface area contributed by atoms with E-state index in [1.165, 1.54) is 0 Å². The van der Waals surface area contributed by atoms with Crippen LogP contribution in [0.4, 0.5) is 18.9 Å². The van der Waals surface area contributed by atoms with E-state index in [1.54, 1.807) is 48.5 Å². The fourth-order valence-electron chi connectivity index (χ4n) is 2.59. The summed E-state index contributed by atoms with van der Waals surface area (Å²) in [5.41, 5.74) is 1.61. The van der Waals surface area contributed by atoms with Crippen LogP contribution in [0.25, 0.3) is 0 Å². The van der Waals surface area contributed by atoms with Gasteiger partial charge in [-0.05, 0) is 29.7 Å². The van der Waals surface area contributed by atoms with Crippen molar-refractivity contribution in [3.63, 3.8) is 0 Å². The van der Waals surface area contributed by atoms with Crippen LogP contribution in [0.3, 0.4) is 0 Å². The minimum Gasteiger partial charge on any atom is -0.324 e. The Balaban J connectivity index is 2.36. The Morgan fingerprint density at radius 1 is 1.12 bits per heavy atom. The van der Waals surface area contributed by atoms with Crippen LogP contribution in [-0.4, -0.2) is 12.1 Å². The van der Waals surface area contributed by atoms with E-state index in [-0.39, 0.29) is 5.02 Å². The van der Waals surface area contributed by atoms with Crippen LogP contribution in [0.1, 0.15) is 30.9 Å². The van der Waals surface area contributed by atoms with Crippen LogP contribution in [0.2, 0.25) is 5.02 Å².